The van der Waals surface area contributed by atoms with Crippen molar-refractivity contribution in [1.82, 2.24) is 4.98 Å². The predicted molar refractivity (Wildman–Crippen MR) is 102 cm³/mol. The zero-order valence-electron chi connectivity index (χ0n) is 13.4. The first-order chi connectivity index (χ1) is 12.3. The molecule has 1 nitrogen and oxygen atoms in total. The van der Waals surface area contributed by atoms with Gasteiger partial charge in [-0.2, -0.15) is 0 Å². The number of nitrogens with zero attached hydrogens (tertiary/aromatic N) is 1. The average Bonchev–Trinajstić information content (AvgIpc) is 2.67. The number of rotatable bonds is 3. The van der Waals surface area contributed by atoms with Crippen LogP contribution in [0.25, 0.3) is 33.3 Å². The summed E-state index contributed by atoms with van der Waals surface area (Å²) in [4.78, 5) is 4.83. The van der Waals surface area contributed by atoms with E-state index in [1.165, 1.54) is 12.1 Å². The van der Waals surface area contributed by atoms with E-state index in [4.69, 9.17) is 16.6 Å². The van der Waals surface area contributed by atoms with Crippen LogP contribution in [0.2, 0.25) is 0 Å². The first kappa shape index (κ1) is 15.8. The number of hydrogen-bond donors (Lipinski definition) is 0. The van der Waals surface area contributed by atoms with Crippen LogP contribution in [0.1, 0.15) is 5.56 Å². The highest BCUT2D eigenvalue weighted by molar-refractivity contribution is 6.18. The Morgan fingerprint density at radius 2 is 1.44 bits per heavy atom. The maximum atomic E-state index is 13.3. The van der Waals surface area contributed by atoms with Crippen molar-refractivity contribution in [3.63, 3.8) is 0 Å². The normalized spacial score (nSPS) is 11.0. The Balaban J connectivity index is 2.09. The Morgan fingerprint density at radius 1 is 0.760 bits per heavy atom. The van der Waals surface area contributed by atoms with Crippen molar-refractivity contribution >= 4 is 22.5 Å². The minimum absolute atomic E-state index is 0.264. The monoisotopic (exact) mass is 347 g/mol. The summed E-state index contributed by atoms with van der Waals surface area (Å²) in [5.74, 6) is 0.0645. The fourth-order valence-corrected chi connectivity index (χ4v) is 3.42. The largest absolute Gasteiger partial charge is 0.247 e. The molecule has 1 heterocycles. The summed E-state index contributed by atoms with van der Waals surface area (Å²) in [5.41, 5.74) is 5.70. The molecule has 3 aromatic carbocycles. The molecular formula is C22H15ClFN. The third-order valence-corrected chi connectivity index (χ3v) is 4.57. The molecule has 4 rings (SSSR count). The van der Waals surface area contributed by atoms with Crippen molar-refractivity contribution in [1.29, 1.82) is 0 Å². The molecule has 0 atom stereocenters. The van der Waals surface area contributed by atoms with E-state index >= 15 is 0 Å². The molecule has 0 saturated carbocycles. The molecule has 0 spiro atoms. The molecule has 0 fully saturated rings. The van der Waals surface area contributed by atoms with Crippen LogP contribution in [-0.4, -0.2) is 4.98 Å². The van der Waals surface area contributed by atoms with E-state index in [9.17, 15) is 4.39 Å². The molecule has 0 amide bonds. The molecule has 0 N–H and O–H groups in total. The second kappa shape index (κ2) is 6.66. The number of fused-ring (bicyclic) bond motifs is 1. The van der Waals surface area contributed by atoms with Crippen LogP contribution in [0.3, 0.4) is 0 Å². The lowest BCUT2D eigenvalue weighted by Gasteiger charge is -2.16. The topological polar surface area (TPSA) is 12.9 Å². The maximum Gasteiger partial charge on any atom is 0.123 e. The van der Waals surface area contributed by atoms with Crippen molar-refractivity contribution in [3.8, 4) is 22.4 Å². The van der Waals surface area contributed by atoms with Crippen molar-refractivity contribution in [2.45, 2.75) is 5.88 Å². The summed E-state index contributed by atoms with van der Waals surface area (Å²) in [7, 11) is 0. The Hall–Kier alpha value is -2.71. The van der Waals surface area contributed by atoms with E-state index in [2.05, 4.69) is 18.2 Å². The van der Waals surface area contributed by atoms with Gasteiger partial charge in [-0.15, -0.1) is 11.6 Å². The molecule has 4 aromatic rings. The van der Waals surface area contributed by atoms with Gasteiger partial charge in [0.2, 0.25) is 0 Å². The van der Waals surface area contributed by atoms with Gasteiger partial charge < -0.3 is 0 Å². The van der Waals surface area contributed by atoms with Gasteiger partial charge >= 0.3 is 0 Å². The highest BCUT2D eigenvalue weighted by atomic mass is 35.5. The van der Waals surface area contributed by atoms with E-state index in [1.807, 2.05) is 36.4 Å². The van der Waals surface area contributed by atoms with Gasteiger partial charge in [-0.3, -0.25) is 0 Å². The molecule has 0 bridgehead atoms. The van der Waals surface area contributed by atoms with Gasteiger partial charge in [0.05, 0.1) is 17.1 Å². The number of aromatic nitrogens is 1. The maximum absolute atomic E-state index is 13.3. The summed E-state index contributed by atoms with van der Waals surface area (Å²) >= 11 is 6.35. The van der Waals surface area contributed by atoms with Gasteiger partial charge in [0, 0.05) is 16.5 Å². The van der Waals surface area contributed by atoms with Crippen LogP contribution in [-0.2, 0) is 5.88 Å². The first-order valence-corrected chi connectivity index (χ1v) is 8.60. The van der Waals surface area contributed by atoms with Gasteiger partial charge in [0.25, 0.3) is 0 Å². The summed E-state index contributed by atoms with van der Waals surface area (Å²) in [6, 6.07) is 24.6. The number of hydrogen-bond acceptors (Lipinski definition) is 1. The van der Waals surface area contributed by atoms with Crippen LogP contribution in [0, 0.1) is 5.82 Å². The van der Waals surface area contributed by atoms with Crippen molar-refractivity contribution in [2.24, 2.45) is 0 Å². The number of benzene rings is 3. The molecular weight excluding hydrogens is 333 g/mol. The SMILES string of the molecule is Fc1ccc(-c2nc3ccccc3c(-c3ccccc3)c2CCl)cc1. The summed E-state index contributed by atoms with van der Waals surface area (Å²) in [5, 5.41) is 1.07. The van der Waals surface area contributed by atoms with Crippen LogP contribution >= 0.6 is 11.6 Å². The molecule has 0 saturated heterocycles. The Bertz CT molecular complexity index is 1030. The fourth-order valence-electron chi connectivity index (χ4n) is 3.16. The summed E-state index contributed by atoms with van der Waals surface area (Å²) in [6.45, 7) is 0. The Morgan fingerprint density at radius 3 is 2.16 bits per heavy atom. The molecule has 3 heteroatoms. The number of pyridine rings is 1. The third-order valence-electron chi connectivity index (χ3n) is 4.31. The molecule has 25 heavy (non-hydrogen) atoms. The van der Waals surface area contributed by atoms with Crippen molar-refractivity contribution in [3.05, 3.63) is 90.2 Å². The molecule has 0 aliphatic heterocycles. The smallest absolute Gasteiger partial charge is 0.123 e. The highest BCUT2D eigenvalue weighted by Gasteiger charge is 2.17. The molecule has 0 aliphatic rings. The van der Waals surface area contributed by atoms with Crippen LogP contribution < -0.4 is 0 Å². The van der Waals surface area contributed by atoms with Gasteiger partial charge in [-0.1, -0.05) is 48.5 Å². The zero-order chi connectivity index (χ0) is 17.2. The summed E-state index contributed by atoms with van der Waals surface area (Å²) < 4.78 is 13.3. The molecule has 0 unspecified atom stereocenters. The van der Waals surface area contributed by atoms with E-state index in [-0.39, 0.29) is 5.82 Å². The Labute approximate surface area is 150 Å². The average molecular weight is 348 g/mol. The molecule has 1 aromatic heterocycles. The van der Waals surface area contributed by atoms with Gasteiger partial charge in [-0.25, -0.2) is 9.37 Å². The molecule has 0 aliphatic carbocycles. The predicted octanol–water partition coefficient (Wildman–Crippen LogP) is 6.45. The highest BCUT2D eigenvalue weighted by Crippen LogP contribution is 2.37. The fraction of sp³-hybridized carbons (Fsp3) is 0.0455. The van der Waals surface area contributed by atoms with Crippen molar-refractivity contribution < 1.29 is 4.39 Å². The van der Waals surface area contributed by atoms with E-state index < -0.39 is 0 Å². The second-order valence-electron chi connectivity index (χ2n) is 5.84. The first-order valence-electron chi connectivity index (χ1n) is 8.07. The quantitative estimate of drug-likeness (QED) is 0.388. The number of para-hydroxylation sites is 1. The van der Waals surface area contributed by atoms with Gasteiger partial charge in [0.15, 0.2) is 0 Å². The molecule has 122 valence electrons. The van der Waals surface area contributed by atoms with E-state index in [0.29, 0.717) is 5.88 Å². The van der Waals surface area contributed by atoms with Crippen molar-refractivity contribution in [2.75, 3.05) is 0 Å². The second-order valence-corrected chi connectivity index (χ2v) is 6.10. The molecule has 0 radical (unpaired) electrons. The van der Waals surface area contributed by atoms with E-state index in [1.54, 1.807) is 12.1 Å². The van der Waals surface area contributed by atoms with Gasteiger partial charge in [0.1, 0.15) is 5.82 Å². The van der Waals surface area contributed by atoms with Crippen LogP contribution in [0.4, 0.5) is 4.39 Å². The lowest BCUT2D eigenvalue weighted by molar-refractivity contribution is 0.628. The van der Waals surface area contributed by atoms with E-state index in [0.717, 1.165) is 38.9 Å². The number of alkyl halides is 1. The van der Waals surface area contributed by atoms with Crippen LogP contribution in [0.15, 0.2) is 78.9 Å². The lowest BCUT2D eigenvalue weighted by Crippen LogP contribution is -1.98. The summed E-state index contributed by atoms with van der Waals surface area (Å²) in [6.07, 6.45) is 0. The standard InChI is InChI=1S/C22H15ClFN/c23-14-19-21(15-6-2-1-3-7-15)18-8-4-5-9-20(18)25-22(19)16-10-12-17(24)13-11-16/h1-13H,14H2. The van der Waals surface area contributed by atoms with Gasteiger partial charge in [-0.05, 0) is 41.5 Å². The third kappa shape index (κ3) is 2.90. The lowest BCUT2D eigenvalue weighted by atomic mass is 9.93. The minimum atomic E-state index is -0.264. The van der Waals surface area contributed by atoms with Crippen LogP contribution in [0.5, 0.6) is 0 Å². The number of halogens is 2. The minimum Gasteiger partial charge on any atom is -0.247 e. The Kier molecular flexibility index (Phi) is 4.21. The zero-order valence-corrected chi connectivity index (χ0v) is 14.2.